The number of hydrogen-bond acceptors (Lipinski definition) is 5. The van der Waals surface area contributed by atoms with E-state index < -0.39 is 10.0 Å². The predicted octanol–water partition coefficient (Wildman–Crippen LogP) is -0.0748. The van der Waals surface area contributed by atoms with Crippen LogP contribution in [0.4, 0.5) is 0 Å². The molecule has 0 saturated heterocycles. The van der Waals surface area contributed by atoms with Crippen LogP contribution in [0.25, 0.3) is 0 Å². The van der Waals surface area contributed by atoms with Crippen LogP contribution >= 0.6 is 0 Å². The summed E-state index contributed by atoms with van der Waals surface area (Å²) in [5.74, 6) is 0. The fourth-order valence-corrected chi connectivity index (χ4v) is 2.57. The smallest absolute Gasteiger partial charge is 0.266 e. The van der Waals surface area contributed by atoms with Gasteiger partial charge in [0.05, 0.1) is 12.2 Å². The molecule has 0 radical (unpaired) electrons. The summed E-state index contributed by atoms with van der Waals surface area (Å²) in [6, 6.07) is 6.00. The van der Waals surface area contributed by atoms with Crippen LogP contribution in [0.2, 0.25) is 0 Å². The number of rotatable bonds is 5. The molecule has 8 heteroatoms. The van der Waals surface area contributed by atoms with Gasteiger partial charge in [0.2, 0.25) is 10.0 Å². The molecule has 0 aliphatic heterocycles. The van der Waals surface area contributed by atoms with Crippen LogP contribution < -0.4 is 10.3 Å². The van der Waals surface area contributed by atoms with Gasteiger partial charge >= 0.3 is 0 Å². The van der Waals surface area contributed by atoms with Crippen molar-refractivity contribution in [3.8, 4) is 0 Å². The first-order valence-electron chi connectivity index (χ1n) is 5.93. The molecule has 0 aromatic carbocycles. The van der Waals surface area contributed by atoms with Crippen LogP contribution in [0, 0.1) is 6.92 Å². The average Bonchev–Trinajstić information content (AvgIpc) is 2.43. The van der Waals surface area contributed by atoms with E-state index >= 15 is 0 Å². The first kappa shape index (κ1) is 14.4. The Morgan fingerprint density at radius 1 is 1.30 bits per heavy atom. The molecule has 2 aromatic rings. The van der Waals surface area contributed by atoms with Gasteiger partial charge in [-0.2, -0.15) is 5.10 Å². The summed E-state index contributed by atoms with van der Waals surface area (Å²) in [5, 5.41) is 4.02. The van der Waals surface area contributed by atoms with Gasteiger partial charge in [-0.25, -0.2) is 17.8 Å². The Hall–Kier alpha value is -2.06. The van der Waals surface area contributed by atoms with E-state index in [4.69, 9.17) is 0 Å². The Morgan fingerprint density at radius 3 is 2.80 bits per heavy atom. The van der Waals surface area contributed by atoms with E-state index in [0.717, 1.165) is 0 Å². The summed E-state index contributed by atoms with van der Waals surface area (Å²) >= 11 is 0. The fraction of sp³-hybridized carbons (Fsp3) is 0.250. The highest BCUT2D eigenvalue weighted by molar-refractivity contribution is 7.89. The second-order valence-corrected chi connectivity index (χ2v) is 5.89. The van der Waals surface area contributed by atoms with Crippen LogP contribution in [-0.2, 0) is 16.6 Å². The molecule has 0 aliphatic rings. The lowest BCUT2D eigenvalue weighted by Gasteiger charge is -2.07. The lowest BCUT2D eigenvalue weighted by Crippen LogP contribution is -2.32. The van der Waals surface area contributed by atoms with Gasteiger partial charge in [-0.15, -0.1) is 0 Å². The highest BCUT2D eigenvalue weighted by Crippen LogP contribution is 2.04. The van der Waals surface area contributed by atoms with Crippen molar-refractivity contribution in [1.29, 1.82) is 0 Å². The van der Waals surface area contributed by atoms with E-state index in [1.807, 2.05) is 0 Å². The number of sulfonamides is 1. The molecule has 0 bridgehead atoms. The van der Waals surface area contributed by atoms with Gasteiger partial charge in [0.25, 0.3) is 5.56 Å². The zero-order chi connectivity index (χ0) is 14.6. The Bertz CT molecular complexity index is 741. The number of pyridine rings is 1. The van der Waals surface area contributed by atoms with Crippen molar-refractivity contribution < 1.29 is 8.42 Å². The summed E-state index contributed by atoms with van der Waals surface area (Å²) in [7, 11) is -3.61. The SMILES string of the molecule is Cc1ccc(=O)n(CCNS(=O)(=O)c2cccnc2)n1. The molecule has 7 nitrogen and oxygen atoms in total. The van der Waals surface area contributed by atoms with Crippen LogP contribution in [0.3, 0.4) is 0 Å². The molecular weight excluding hydrogens is 280 g/mol. The van der Waals surface area contributed by atoms with E-state index in [-0.39, 0.29) is 23.5 Å². The molecule has 0 aliphatic carbocycles. The minimum atomic E-state index is -3.61. The van der Waals surface area contributed by atoms with Crippen LogP contribution in [-0.4, -0.2) is 29.7 Å². The molecule has 2 rings (SSSR count). The fourth-order valence-electron chi connectivity index (χ4n) is 1.59. The molecule has 1 N–H and O–H groups in total. The van der Waals surface area contributed by atoms with Crippen LogP contribution in [0.5, 0.6) is 0 Å². The molecule has 2 heterocycles. The third kappa shape index (κ3) is 3.49. The molecule has 0 amide bonds. The Kier molecular flexibility index (Phi) is 4.26. The number of aryl methyl sites for hydroxylation is 1. The zero-order valence-corrected chi connectivity index (χ0v) is 11.7. The molecule has 0 unspecified atom stereocenters. The van der Waals surface area contributed by atoms with Crippen molar-refractivity contribution in [3.05, 3.63) is 52.7 Å². The monoisotopic (exact) mass is 294 g/mol. The van der Waals surface area contributed by atoms with Crippen molar-refractivity contribution in [3.63, 3.8) is 0 Å². The van der Waals surface area contributed by atoms with Gasteiger partial charge in [0.1, 0.15) is 4.90 Å². The van der Waals surface area contributed by atoms with E-state index in [0.29, 0.717) is 5.69 Å². The van der Waals surface area contributed by atoms with Gasteiger partial charge < -0.3 is 0 Å². The van der Waals surface area contributed by atoms with Crippen LogP contribution in [0.1, 0.15) is 5.69 Å². The number of nitrogens with one attached hydrogen (secondary N) is 1. The Morgan fingerprint density at radius 2 is 2.10 bits per heavy atom. The Labute approximate surface area is 116 Å². The Balaban J connectivity index is 2.03. The number of nitrogens with zero attached hydrogens (tertiary/aromatic N) is 3. The maximum absolute atomic E-state index is 11.9. The van der Waals surface area contributed by atoms with Gasteiger partial charge in [0.15, 0.2) is 0 Å². The summed E-state index contributed by atoms with van der Waals surface area (Å²) in [6.07, 6.45) is 2.76. The number of aromatic nitrogens is 3. The molecule has 106 valence electrons. The summed E-state index contributed by atoms with van der Waals surface area (Å²) in [4.78, 5) is 15.4. The van der Waals surface area contributed by atoms with Gasteiger partial charge in [-0.3, -0.25) is 9.78 Å². The summed E-state index contributed by atoms with van der Waals surface area (Å²) in [5.41, 5.74) is 0.427. The molecule has 20 heavy (non-hydrogen) atoms. The topological polar surface area (TPSA) is 94.0 Å². The second kappa shape index (κ2) is 5.93. The third-order valence-electron chi connectivity index (χ3n) is 2.56. The molecule has 0 saturated carbocycles. The largest absolute Gasteiger partial charge is 0.268 e. The van der Waals surface area contributed by atoms with Crippen molar-refractivity contribution in [1.82, 2.24) is 19.5 Å². The van der Waals surface area contributed by atoms with Gasteiger partial charge in [-0.05, 0) is 25.1 Å². The van der Waals surface area contributed by atoms with Crippen molar-refractivity contribution >= 4 is 10.0 Å². The molecule has 0 fully saturated rings. The molecular formula is C12H14N4O3S. The molecule has 0 atom stereocenters. The van der Waals surface area contributed by atoms with E-state index in [9.17, 15) is 13.2 Å². The normalized spacial score (nSPS) is 11.4. The van der Waals surface area contributed by atoms with Crippen molar-refractivity contribution in [2.45, 2.75) is 18.4 Å². The number of hydrogen-bond donors (Lipinski definition) is 1. The maximum Gasteiger partial charge on any atom is 0.266 e. The van der Waals surface area contributed by atoms with E-state index in [1.165, 1.54) is 29.2 Å². The lowest BCUT2D eigenvalue weighted by atomic mass is 10.4. The molecule has 2 aromatic heterocycles. The van der Waals surface area contributed by atoms with Crippen molar-refractivity contribution in [2.24, 2.45) is 0 Å². The zero-order valence-electron chi connectivity index (χ0n) is 10.9. The minimum absolute atomic E-state index is 0.0770. The quantitative estimate of drug-likeness (QED) is 0.832. The highest BCUT2D eigenvalue weighted by Gasteiger charge is 2.13. The summed E-state index contributed by atoms with van der Waals surface area (Å²) < 4.78 is 27.5. The first-order valence-corrected chi connectivity index (χ1v) is 7.42. The van der Waals surface area contributed by atoms with E-state index in [1.54, 1.807) is 19.1 Å². The van der Waals surface area contributed by atoms with Gasteiger partial charge in [0, 0.05) is 25.0 Å². The molecule has 0 spiro atoms. The minimum Gasteiger partial charge on any atom is -0.268 e. The third-order valence-corrected chi connectivity index (χ3v) is 4.01. The van der Waals surface area contributed by atoms with Gasteiger partial charge in [-0.1, -0.05) is 0 Å². The second-order valence-electron chi connectivity index (χ2n) is 4.12. The lowest BCUT2D eigenvalue weighted by molar-refractivity contribution is 0.543. The highest BCUT2D eigenvalue weighted by atomic mass is 32.2. The summed E-state index contributed by atoms with van der Waals surface area (Å²) in [6.45, 7) is 2.00. The van der Waals surface area contributed by atoms with Crippen molar-refractivity contribution in [2.75, 3.05) is 6.54 Å². The predicted molar refractivity (Wildman–Crippen MR) is 72.7 cm³/mol. The average molecular weight is 294 g/mol. The standard InChI is InChI=1S/C12H14N4O3S/c1-10-4-5-12(17)16(15-10)8-7-14-20(18,19)11-3-2-6-13-9-11/h2-6,9,14H,7-8H2,1H3. The van der Waals surface area contributed by atoms with Crippen LogP contribution in [0.15, 0.2) is 46.3 Å². The van der Waals surface area contributed by atoms with E-state index in [2.05, 4.69) is 14.8 Å². The first-order chi connectivity index (χ1) is 9.49. The maximum atomic E-state index is 11.9.